The maximum absolute atomic E-state index is 10.9. The van der Waals surface area contributed by atoms with Crippen molar-refractivity contribution >= 4 is 5.97 Å². The van der Waals surface area contributed by atoms with Gasteiger partial charge in [0.05, 0.1) is 0 Å². The monoisotopic (exact) mass is 192 g/mol. The molecule has 0 aromatic heterocycles. The Morgan fingerprint density at radius 1 is 1.29 bits per heavy atom. The molecular formula is C12H16O2. The van der Waals surface area contributed by atoms with Gasteiger partial charge in [-0.15, -0.1) is 0 Å². The van der Waals surface area contributed by atoms with Gasteiger partial charge < -0.3 is 4.74 Å². The first-order valence-corrected chi connectivity index (χ1v) is 4.85. The molecule has 1 rings (SSSR count). The van der Waals surface area contributed by atoms with Gasteiger partial charge in [0.1, 0.15) is 6.61 Å². The van der Waals surface area contributed by atoms with Gasteiger partial charge in [-0.2, -0.15) is 0 Å². The fourth-order valence-corrected chi connectivity index (χ4v) is 1.16. The van der Waals surface area contributed by atoms with Crippen molar-refractivity contribution in [2.45, 2.75) is 33.8 Å². The smallest absolute Gasteiger partial charge is 0.305 e. The average molecular weight is 192 g/mol. The van der Waals surface area contributed by atoms with Crippen molar-refractivity contribution in [3.05, 3.63) is 34.9 Å². The lowest BCUT2D eigenvalue weighted by Gasteiger charge is -2.05. The van der Waals surface area contributed by atoms with Crippen LogP contribution in [0.3, 0.4) is 0 Å². The third kappa shape index (κ3) is 2.87. The van der Waals surface area contributed by atoms with E-state index in [9.17, 15) is 4.79 Å². The molecule has 2 heteroatoms. The van der Waals surface area contributed by atoms with Crippen LogP contribution < -0.4 is 0 Å². The number of esters is 1. The molecule has 0 aliphatic rings. The predicted molar refractivity (Wildman–Crippen MR) is 56.0 cm³/mol. The molecule has 0 atom stereocenters. The van der Waals surface area contributed by atoms with E-state index >= 15 is 0 Å². The molecule has 0 unspecified atom stereocenters. The lowest BCUT2D eigenvalue weighted by atomic mass is 10.1. The summed E-state index contributed by atoms with van der Waals surface area (Å²) in [6.07, 6.45) is 0.435. The van der Waals surface area contributed by atoms with E-state index in [1.807, 2.05) is 12.1 Å². The molecule has 0 spiro atoms. The lowest BCUT2D eigenvalue weighted by molar-refractivity contribution is -0.144. The van der Waals surface area contributed by atoms with E-state index in [1.54, 1.807) is 6.92 Å². The third-order valence-electron chi connectivity index (χ3n) is 2.26. The number of ether oxygens (including phenoxy) is 1. The van der Waals surface area contributed by atoms with Gasteiger partial charge in [-0.25, -0.2) is 0 Å². The van der Waals surface area contributed by atoms with Gasteiger partial charge in [-0.3, -0.25) is 4.79 Å². The Balaban J connectivity index is 2.60. The molecule has 14 heavy (non-hydrogen) atoms. The summed E-state index contributed by atoms with van der Waals surface area (Å²) >= 11 is 0. The summed E-state index contributed by atoms with van der Waals surface area (Å²) < 4.78 is 5.03. The number of carbonyl (C=O) groups is 1. The van der Waals surface area contributed by atoms with Crippen LogP contribution in [0.1, 0.15) is 30.0 Å². The van der Waals surface area contributed by atoms with E-state index in [-0.39, 0.29) is 5.97 Å². The van der Waals surface area contributed by atoms with Crippen LogP contribution in [-0.2, 0) is 16.1 Å². The minimum Gasteiger partial charge on any atom is -0.461 e. The fourth-order valence-electron chi connectivity index (χ4n) is 1.16. The molecule has 0 heterocycles. The molecule has 0 amide bonds. The van der Waals surface area contributed by atoms with Gasteiger partial charge in [-0.05, 0) is 30.5 Å². The van der Waals surface area contributed by atoms with Crippen molar-refractivity contribution in [3.8, 4) is 0 Å². The SMILES string of the molecule is CCC(=O)OCc1ccc(C)c(C)c1. The third-order valence-corrected chi connectivity index (χ3v) is 2.26. The number of benzene rings is 1. The standard InChI is InChI=1S/C12H16O2/c1-4-12(13)14-8-11-6-5-9(2)10(3)7-11/h5-7H,4,8H2,1-3H3. The molecule has 76 valence electrons. The van der Waals surface area contributed by atoms with E-state index in [4.69, 9.17) is 4.74 Å². The molecule has 0 radical (unpaired) electrons. The van der Waals surface area contributed by atoms with Crippen molar-refractivity contribution in [2.75, 3.05) is 0 Å². The van der Waals surface area contributed by atoms with E-state index < -0.39 is 0 Å². The second kappa shape index (κ2) is 4.80. The van der Waals surface area contributed by atoms with Crippen LogP contribution >= 0.6 is 0 Å². The zero-order valence-electron chi connectivity index (χ0n) is 8.96. The van der Waals surface area contributed by atoms with Crippen molar-refractivity contribution < 1.29 is 9.53 Å². The number of carbonyl (C=O) groups excluding carboxylic acids is 1. The molecule has 0 saturated heterocycles. The lowest BCUT2D eigenvalue weighted by Crippen LogP contribution is -2.02. The van der Waals surface area contributed by atoms with E-state index in [2.05, 4.69) is 19.9 Å². The molecule has 2 nitrogen and oxygen atoms in total. The largest absolute Gasteiger partial charge is 0.461 e. The van der Waals surface area contributed by atoms with Crippen molar-refractivity contribution in [3.63, 3.8) is 0 Å². The summed E-state index contributed by atoms with van der Waals surface area (Å²) in [4.78, 5) is 10.9. The molecule has 0 aliphatic heterocycles. The van der Waals surface area contributed by atoms with Gasteiger partial charge in [0, 0.05) is 6.42 Å². The first-order valence-electron chi connectivity index (χ1n) is 4.85. The van der Waals surface area contributed by atoms with Crippen molar-refractivity contribution in [1.82, 2.24) is 0 Å². The van der Waals surface area contributed by atoms with Crippen LogP contribution in [0.4, 0.5) is 0 Å². The van der Waals surface area contributed by atoms with Crippen molar-refractivity contribution in [2.24, 2.45) is 0 Å². The first-order chi connectivity index (χ1) is 6.63. The van der Waals surface area contributed by atoms with Crippen LogP contribution in [0.5, 0.6) is 0 Å². The van der Waals surface area contributed by atoms with E-state index in [0.717, 1.165) is 5.56 Å². The zero-order chi connectivity index (χ0) is 10.6. The molecule has 1 aromatic rings. The minimum atomic E-state index is -0.150. The zero-order valence-corrected chi connectivity index (χ0v) is 8.96. The maximum Gasteiger partial charge on any atom is 0.305 e. The summed E-state index contributed by atoms with van der Waals surface area (Å²) in [5, 5.41) is 0. The Labute approximate surface area is 84.9 Å². The predicted octanol–water partition coefficient (Wildman–Crippen LogP) is 2.76. The van der Waals surface area contributed by atoms with E-state index in [0.29, 0.717) is 13.0 Å². The van der Waals surface area contributed by atoms with Gasteiger partial charge in [-0.1, -0.05) is 25.1 Å². The average Bonchev–Trinajstić information content (AvgIpc) is 2.19. The normalized spacial score (nSPS) is 9.93. The summed E-state index contributed by atoms with van der Waals surface area (Å²) in [7, 11) is 0. The Kier molecular flexibility index (Phi) is 3.69. The Bertz CT molecular complexity index is 329. The Hall–Kier alpha value is -1.31. The number of rotatable bonds is 3. The molecule has 0 saturated carbocycles. The maximum atomic E-state index is 10.9. The highest BCUT2D eigenvalue weighted by Crippen LogP contribution is 2.10. The van der Waals surface area contributed by atoms with Crippen molar-refractivity contribution in [1.29, 1.82) is 0 Å². The number of hydrogen-bond acceptors (Lipinski definition) is 2. The summed E-state index contributed by atoms with van der Waals surface area (Å²) in [5.41, 5.74) is 3.54. The molecule has 0 bridgehead atoms. The number of aryl methyl sites for hydroxylation is 2. The molecule has 0 fully saturated rings. The first kappa shape index (κ1) is 10.8. The number of hydrogen-bond donors (Lipinski definition) is 0. The van der Waals surface area contributed by atoms with Gasteiger partial charge >= 0.3 is 5.97 Å². The second-order valence-corrected chi connectivity index (χ2v) is 3.43. The summed E-state index contributed by atoms with van der Waals surface area (Å²) in [6, 6.07) is 6.09. The quantitative estimate of drug-likeness (QED) is 0.688. The van der Waals surface area contributed by atoms with Crippen LogP contribution in [0.2, 0.25) is 0 Å². The highest BCUT2D eigenvalue weighted by Gasteiger charge is 2.00. The van der Waals surface area contributed by atoms with Crippen LogP contribution in [0, 0.1) is 13.8 Å². The Morgan fingerprint density at radius 2 is 2.00 bits per heavy atom. The summed E-state index contributed by atoms with van der Waals surface area (Å²) in [6.45, 7) is 6.30. The minimum absolute atomic E-state index is 0.150. The topological polar surface area (TPSA) is 26.3 Å². The van der Waals surface area contributed by atoms with Crippen LogP contribution in [0.25, 0.3) is 0 Å². The molecule has 0 N–H and O–H groups in total. The molecule has 0 aliphatic carbocycles. The van der Waals surface area contributed by atoms with Crippen LogP contribution in [-0.4, -0.2) is 5.97 Å². The van der Waals surface area contributed by atoms with E-state index in [1.165, 1.54) is 11.1 Å². The highest BCUT2D eigenvalue weighted by molar-refractivity contribution is 5.68. The van der Waals surface area contributed by atoms with Gasteiger partial charge in [0.25, 0.3) is 0 Å². The van der Waals surface area contributed by atoms with Crippen LogP contribution in [0.15, 0.2) is 18.2 Å². The molecule has 1 aromatic carbocycles. The highest BCUT2D eigenvalue weighted by atomic mass is 16.5. The Morgan fingerprint density at radius 3 is 2.57 bits per heavy atom. The van der Waals surface area contributed by atoms with Gasteiger partial charge in [0.2, 0.25) is 0 Å². The fraction of sp³-hybridized carbons (Fsp3) is 0.417. The second-order valence-electron chi connectivity index (χ2n) is 3.43. The molecular weight excluding hydrogens is 176 g/mol. The van der Waals surface area contributed by atoms with Gasteiger partial charge in [0.15, 0.2) is 0 Å². The summed E-state index contributed by atoms with van der Waals surface area (Å²) in [5.74, 6) is -0.150.